The van der Waals surface area contributed by atoms with Gasteiger partial charge in [-0.15, -0.1) is 0 Å². The topological polar surface area (TPSA) is 73.6 Å². The molecule has 0 amide bonds. The second-order valence-electron chi connectivity index (χ2n) is 5.22. The van der Waals surface area contributed by atoms with Crippen LogP contribution in [0, 0.1) is 10.1 Å². The van der Waals surface area contributed by atoms with Crippen molar-refractivity contribution in [2.24, 2.45) is 0 Å². The Labute approximate surface area is 117 Å². The Balaban J connectivity index is 1.62. The number of hydrogen-bond donors (Lipinski definition) is 1. The molecule has 2 atom stereocenters. The van der Waals surface area contributed by atoms with Crippen LogP contribution < -0.4 is 5.32 Å². The van der Waals surface area contributed by atoms with E-state index in [0.29, 0.717) is 32.1 Å². The summed E-state index contributed by atoms with van der Waals surface area (Å²) < 4.78 is 10.9. The molecule has 0 aliphatic carbocycles. The number of hydrogen-bond acceptors (Lipinski definition) is 5. The van der Waals surface area contributed by atoms with Crippen molar-refractivity contribution in [2.45, 2.75) is 31.2 Å². The van der Waals surface area contributed by atoms with Crippen LogP contribution >= 0.6 is 0 Å². The lowest BCUT2D eigenvalue weighted by molar-refractivity contribution is -0.532. The van der Waals surface area contributed by atoms with Gasteiger partial charge >= 0.3 is 0 Å². The molecule has 1 aromatic carbocycles. The first-order chi connectivity index (χ1) is 9.74. The van der Waals surface area contributed by atoms with Crippen LogP contribution in [0.5, 0.6) is 0 Å². The summed E-state index contributed by atoms with van der Waals surface area (Å²) in [5.74, 6) is 0.339. The number of rotatable bonds is 3. The first kappa shape index (κ1) is 13.5. The van der Waals surface area contributed by atoms with E-state index in [1.165, 1.54) is 5.56 Å². The van der Waals surface area contributed by atoms with Crippen LogP contribution in [0.2, 0.25) is 0 Å². The molecule has 1 aromatic rings. The Morgan fingerprint density at radius 2 is 1.75 bits per heavy atom. The molecule has 20 heavy (non-hydrogen) atoms. The summed E-state index contributed by atoms with van der Waals surface area (Å²) in [4.78, 5) is 10.5. The third-order valence-electron chi connectivity index (χ3n) is 3.94. The van der Waals surface area contributed by atoms with E-state index in [1.54, 1.807) is 0 Å². The molecule has 2 aliphatic heterocycles. The van der Waals surface area contributed by atoms with Crippen molar-refractivity contribution < 1.29 is 14.4 Å². The molecule has 6 nitrogen and oxygen atoms in total. The third kappa shape index (κ3) is 2.82. The van der Waals surface area contributed by atoms with E-state index >= 15 is 0 Å². The maximum absolute atomic E-state index is 10.7. The highest BCUT2D eigenvalue weighted by atomic mass is 16.7. The fraction of sp³-hybridized carbons (Fsp3) is 0.571. The SMILES string of the molecule is O=[N+]([O-])C1CCC(c2ccc(C3OCCO3)cc2)CN1. The molecular weight excluding hydrogens is 260 g/mol. The van der Waals surface area contributed by atoms with E-state index < -0.39 is 6.17 Å². The number of ether oxygens (including phenoxy) is 2. The highest BCUT2D eigenvalue weighted by molar-refractivity contribution is 5.27. The summed E-state index contributed by atoms with van der Waals surface area (Å²) in [5.41, 5.74) is 2.24. The maximum atomic E-state index is 10.7. The summed E-state index contributed by atoms with van der Waals surface area (Å²) in [6.07, 6.45) is 0.584. The van der Waals surface area contributed by atoms with Gasteiger partial charge in [0.25, 0.3) is 6.17 Å². The van der Waals surface area contributed by atoms with Crippen molar-refractivity contribution in [3.63, 3.8) is 0 Å². The van der Waals surface area contributed by atoms with Gasteiger partial charge in [-0.05, 0) is 17.9 Å². The fourth-order valence-electron chi connectivity index (χ4n) is 2.78. The molecule has 3 rings (SSSR count). The second-order valence-corrected chi connectivity index (χ2v) is 5.22. The number of benzene rings is 1. The van der Waals surface area contributed by atoms with Crippen LogP contribution in [0.25, 0.3) is 0 Å². The standard InChI is InChI=1S/C14H18N2O4/c17-16(18)13-6-5-12(9-15-13)10-1-3-11(4-2-10)14-19-7-8-20-14/h1-4,12-15H,5-9H2. The molecule has 1 N–H and O–H groups in total. The highest BCUT2D eigenvalue weighted by Gasteiger charge is 2.28. The van der Waals surface area contributed by atoms with Crippen LogP contribution in [-0.4, -0.2) is 30.8 Å². The van der Waals surface area contributed by atoms with Crippen molar-refractivity contribution in [2.75, 3.05) is 19.8 Å². The number of piperidine rings is 1. The average Bonchev–Trinajstić information content (AvgIpc) is 3.02. The van der Waals surface area contributed by atoms with Crippen molar-refractivity contribution in [1.29, 1.82) is 0 Å². The number of nitro groups is 1. The van der Waals surface area contributed by atoms with Crippen LogP contribution in [0.15, 0.2) is 24.3 Å². The normalized spacial score (nSPS) is 27.6. The van der Waals surface area contributed by atoms with Crippen molar-refractivity contribution in [3.8, 4) is 0 Å². The highest BCUT2D eigenvalue weighted by Crippen LogP contribution is 2.28. The van der Waals surface area contributed by atoms with Crippen LogP contribution in [0.1, 0.15) is 36.2 Å². The predicted octanol–water partition coefficient (Wildman–Crippen LogP) is 1.80. The van der Waals surface area contributed by atoms with Gasteiger partial charge < -0.3 is 9.47 Å². The van der Waals surface area contributed by atoms with E-state index in [4.69, 9.17) is 9.47 Å². The summed E-state index contributed by atoms with van der Waals surface area (Å²) >= 11 is 0. The lowest BCUT2D eigenvalue weighted by Gasteiger charge is -2.25. The summed E-state index contributed by atoms with van der Waals surface area (Å²) in [6, 6.07) is 8.17. The lowest BCUT2D eigenvalue weighted by atomic mass is 9.90. The van der Waals surface area contributed by atoms with Crippen LogP contribution in [0.3, 0.4) is 0 Å². The zero-order valence-electron chi connectivity index (χ0n) is 11.2. The van der Waals surface area contributed by atoms with E-state index in [0.717, 1.165) is 12.0 Å². The zero-order valence-corrected chi connectivity index (χ0v) is 11.2. The van der Waals surface area contributed by atoms with Crippen molar-refractivity contribution in [3.05, 3.63) is 45.5 Å². The van der Waals surface area contributed by atoms with Gasteiger partial charge in [-0.3, -0.25) is 15.4 Å². The van der Waals surface area contributed by atoms with Gasteiger partial charge in [0.05, 0.1) is 13.2 Å². The molecule has 2 aliphatic rings. The maximum Gasteiger partial charge on any atom is 0.266 e. The molecule has 0 spiro atoms. The lowest BCUT2D eigenvalue weighted by Crippen LogP contribution is -2.42. The molecule has 2 heterocycles. The Bertz CT molecular complexity index is 463. The second kappa shape index (κ2) is 5.87. The molecule has 0 radical (unpaired) electrons. The third-order valence-corrected chi connectivity index (χ3v) is 3.94. The largest absolute Gasteiger partial charge is 0.346 e. The molecule has 0 bridgehead atoms. The minimum atomic E-state index is -0.592. The Kier molecular flexibility index (Phi) is 3.95. The number of nitrogens with zero attached hydrogens (tertiary/aromatic N) is 1. The van der Waals surface area contributed by atoms with E-state index in [9.17, 15) is 10.1 Å². The summed E-state index contributed by atoms with van der Waals surface area (Å²) in [5, 5.41) is 13.7. The monoisotopic (exact) mass is 278 g/mol. The Morgan fingerprint density at radius 3 is 2.30 bits per heavy atom. The van der Waals surface area contributed by atoms with E-state index in [2.05, 4.69) is 17.4 Å². The molecule has 2 saturated heterocycles. The predicted molar refractivity (Wildman–Crippen MR) is 71.8 cm³/mol. The zero-order chi connectivity index (χ0) is 13.9. The van der Waals surface area contributed by atoms with Gasteiger partial charge in [-0.25, -0.2) is 0 Å². The summed E-state index contributed by atoms with van der Waals surface area (Å²) in [7, 11) is 0. The minimum absolute atomic E-state index is 0.242. The molecule has 2 fully saturated rings. The van der Waals surface area contributed by atoms with Gasteiger partial charge in [-0.1, -0.05) is 24.3 Å². The number of nitrogens with one attached hydrogen (secondary N) is 1. The minimum Gasteiger partial charge on any atom is -0.346 e. The Hall–Kier alpha value is -1.50. The fourth-order valence-corrected chi connectivity index (χ4v) is 2.78. The summed E-state index contributed by atoms with van der Waals surface area (Å²) in [6.45, 7) is 1.93. The molecule has 6 heteroatoms. The van der Waals surface area contributed by atoms with E-state index in [1.807, 2.05) is 12.1 Å². The first-order valence-electron chi connectivity index (χ1n) is 6.94. The van der Waals surface area contributed by atoms with Crippen molar-refractivity contribution >= 4 is 0 Å². The van der Waals surface area contributed by atoms with E-state index in [-0.39, 0.29) is 11.2 Å². The molecule has 108 valence electrons. The van der Waals surface area contributed by atoms with Crippen LogP contribution in [0.4, 0.5) is 0 Å². The van der Waals surface area contributed by atoms with Crippen LogP contribution in [-0.2, 0) is 9.47 Å². The quantitative estimate of drug-likeness (QED) is 0.674. The van der Waals surface area contributed by atoms with Gasteiger partial charge in [-0.2, -0.15) is 0 Å². The van der Waals surface area contributed by atoms with Gasteiger partial charge in [0.1, 0.15) is 0 Å². The van der Waals surface area contributed by atoms with Gasteiger partial charge in [0, 0.05) is 23.5 Å². The average molecular weight is 278 g/mol. The van der Waals surface area contributed by atoms with Gasteiger partial charge in [0.15, 0.2) is 6.29 Å². The Morgan fingerprint density at radius 1 is 1.10 bits per heavy atom. The molecule has 2 unspecified atom stereocenters. The molecular formula is C14H18N2O4. The van der Waals surface area contributed by atoms with Crippen molar-refractivity contribution in [1.82, 2.24) is 5.32 Å². The van der Waals surface area contributed by atoms with Gasteiger partial charge in [0.2, 0.25) is 0 Å². The first-order valence-corrected chi connectivity index (χ1v) is 6.94. The smallest absolute Gasteiger partial charge is 0.266 e. The molecule has 0 saturated carbocycles. The molecule has 0 aromatic heterocycles.